The number of anilines is 2. The van der Waals surface area contributed by atoms with Crippen LogP contribution in [0.2, 0.25) is 5.02 Å². The van der Waals surface area contributed by atoms with Crippen LogP contribution in [0, 0.1) is 6.92 Å². The lowest BCUT2D eigenvalue weighted by atomic mass is 10.3. The van der Waals surface area contributed by atoms with Gasteiger partial charge >= 0.3 is 0 Å². The summed E-state index contributed by atoms with van der Waals surface area (Å²) in [5.74, 6) is 1.93. The summed E-state index contributed by atoms with van der Waals surface area (Å²) in [6.45, 7) is 3.76. The zero-order valence-corrected chi connectivity index (χ0v) is 10.3. The van der Waals surface area contributed by atoms with Gasteiger partial charge in [0.05, 0.1) is 16.9 Å². The summed E-state index contributed by atoms with van der Waals surface area (Å²) in [7, 11) is 0. The molecule has 90 valence electrons. The molecule has 0 saturated carbocycles. The van der Waals surface area contributed by atoms with Crippen molar-refractivity contribution in [3.63, 3.8) is 0 Å². The van der Waals surface area contributed by atoms with E-state index >= 15 is 0 Å². The highest BCUT2D eigenvalue weighted by Gasteiger charge is 2.13. The summed E-state index contributed by atoms with van der Waals surface area (Å²) in [6.07, 6.45) is 3.21. The maximum Gasteiger partial charge on any atom is 0.216 e. The van der Waals surface area contributed by atoms with E-state index in [1.54, 1.807) is 12.3 Å². The largest absolute Gasteiger partial charge is 0.444 e. The van der Waals surface area contributed by atoms with Gasteiger partial charge in [-0.3, -0.25) is 0 Å². The van der Waals surface area contributed by atoms with Crippen LogP contribution in [-0.2, 0) is 0 Å². The van der Waals surface area contributed by atoms with E-state index < -0.39 is 0 Å². The highest BCUT2D eigenvalue weighted by molar-refractivity contribution is 6.30. The third kappa shape index (κ3) is 2.68. The van der Waals surface area contributed by atoms with Gasteiger partial charge in [0.15, 0.2) is 0 Å². The van der Waals surface area contributed by atoms with Gasteiger partial charge in [0, 0.05) is 6.20 Å². The lowest BCUT2D eigenvalue weighted by molar-refractivity contribution is 0.453. The Morgan fingerprint density at radius 1 is 1.41 bits per heavy atom. The standard InChI is InChI=1S/C11H13ClN4O/c1-6-4-15-11(17-6)7(2)16-10-9(13)3-8(12)5-14-10/h3-5,7H,13H2,1-2H3,(H,14,16). The molecule has 0 fully saturated rings. The Bertz CT molecular complexity index is 526. The first-order valence-corrected chi connectivity index (χ1v) is 5.54. The second kappa shape index (κ2) is 4.63. The number of nitrogens with one attached hydrogen (secondary N) is 1. The summed E-state index contributed by atoms with van der Waals surface area (Å²) in [5.41, 5.74) is 6.29. The maximum atomic E-state index is 5.79. The molecule has 2 aromatic heterocycles. The van der Waals surface area contributed by atoms with Gasteiger partial charge in [0.1, 0.15) is 17.6 Å². The zero-order chi connectivity index (χ0) is 12.4. The molecule has 1 unspecified atom stereocenters. The van der Waals surface area contributed by atoms with Crippen LogP contribution in [0.25, 0.3) is 0 Å². The number of nitrogens with two attached hydrogens (primary N) is 1. The average Bonchev–Trinajstić information content (AvgIpc) is 2.69. The molecular formula is C11H13ClN4O. The van der Waals surface area contributed by atoms with Gasteiger partial charge in [-0.1, -0.05) is 11.6 Å². The summed E-state index contributed by atoms with van der Waals surface area (Å²) < 4.78 is 5.41. The number of nitrogens with zero attached hydrogens (tertiary/aromatic N) is 2. The number of hydrogen-bond acceptors (Lipinski definition) is 5. The third-order valence-corrected chi connectivity index (χ3v) is 2.45. The van der Waals surface area contributed by atoms with Crippen LogP contribution < -0.4 is 11.1 Å². The normalized spacial score (nSPS) is 12.4. The minimum atomic E-state index is -0.111. The van der Waals surface area contributed by atoms with Crippen LogP contribution >= 0.6 is 11.6 Å². The highest BCUT2D eigenvalue weighted by Crippen LogP contribution is 2.24. The van der Waals surface area contributed by atoms with Gasteiger partial charge in [0.25, 0.3) is 0 Å². The van der Waals surface area contributed by atoms with Crippen molar-refractivity contribution >= 4 is 23.1 Å². The Kier molecular flexibility index (Phi) is 3.19. The summed E-state index contributed by atoms with van der Waals surface area (Å²) in [4.78, 5) is 8.25. The van der Waals surface area contributed by atoms with Crippen molar-refractivity contribution in [2.75, 3.05) is 11.1 Å². The average molecular weight is 253 g/mol. The molecule has 0 saturated heterocycles. The lowest BCUT2D eigenvalue weighted by Gasteiger charge is -2.12. The number of nitrogen functional groups attached to an aromatic ring is 1. The molecule has 0 bridgehead atoms. The first-order chi connectivity index (χ1) is 8.06. The molecule has 0 amide bonds. The fourth-order valence-corrected chi connectivity index (χ4v) is 1.58. The van der Waals surface area contributed by atoms with Crippen molar-refractivity contribution in [3.8, 4) is 0 Å². The number of oxazole rings is 1. The molecule has 0 radical (unpaired) electrons. The number of halogens is 1. The maximum absolute atomic E-state index is 5.79. The van der Waals surface area contributed by atoms with Gasteiger partial charge in [-0.15, -0.1) is 0 Å². The molecule has 5 nitrogen and oxygen atoms in total. The number of aromatic nitrogens is 2. The molecule has 17 heavy (non-hydrogen) atoms. The second-order valence-corrected chi connectivity index (χ2v) is 4.20. The van der Waals surface area contributed by atoms with Crippen LogP contribution in [-0.4, -0.2) is 9.97 Å². The molecule has 0 aromatic carbocycles. The number of hydrogen-bond donors (Lipinski definition) is 2. The van der Waals surface area contributed by atoms with E-state index in [4.69, 9.17) is 21.8 Å². The molecule has 0 spiro atoms. The fourth-order valence-electron chi connectivity index (χ4n) is 1.41. The molecule has 2 heterocycles. The first kappa shape index (κ1) is 11.7. The molecule has 6 heteroatoms. The van der Waals surface area contributed by atoms with E-state index in [-0.39, 0.29) is 6.04 Å². The van der Waals surface area contributed by atoms with Crippen molar-refractivity contribution in [1.82, 2.24) is 9.97 Å². The van der Waals surface area contributed by atoms with E-state index in [1.165, 1.54) is 6.20 Å². The molecule has 2 rings (SSSR count). The monoisotopic (exact) mass is 252 g/mol. The van der Waals surface area contributed by atoms with Crippen molar-refractivity contribution in [3.05, 3.63) is 35.1 Å². The van der Waals surface area contributed by atoms with Crippen molar-refractivity contribution < 1.29 is 4.42 Å². The summed E-state index contributed by atoms with van der Waals surface area (Å²) in [6, 6.07) is 1.53. The Hall–Kier alpha value is -1.75. The Morgan fingerprint density at radius 2 is 2.18 bits per heavy atom. The molecule has 0 aliphatic rings. The fraction of sp³-hybridized carbons (Fsp3) is 0.273. The lowest BCUT2D eigenvalue weighted by Crippen LogP contribution is -2.10. The van der Waals surface area contributed by atoms with Gasteiger partial charge in [-0.25, -0.2) is 9.97 Å². The van der Waals surface area contributed by atoms with E-state index in [9.17, 15) is 0 Å². The Balaban J connectivity index is 2.15. The molecule has 3 N–H and O–H groups in total. The topological polar surface area (TPSA) is 77.0 Å². The van der Waals surface area contributed by atoms with Gasteiger partial charge in [0.2, 0.25) is 5.89 Å². The molecular weight excluding hydrogens is 240 g/mol. The SMILES string of the molecule is Cc1cnc(C(C)Nc2ncc(Cl)cc2N)o1. The van der Waals surface area contributed by atoms with Crippen LogP contribution in [0.15, 0.2) is 22.9 Å². The predicted octanol–water partition coefficient (Wildman–Crippen LogP) is 2.79. The van der Waals surface area contributed by atoms with Crippen molar-refractivity contribution in [2.24, 2.45) is 0 Å². The minimum absolute atomic E-state index is 0.111. The first-order valence-electron chi connectivity index (χ1n) is 5.16. The molecule has 1 atom stereocenters. The van der Waals surface area contributed by atoms with Crippen molar-refractivity contribution in [1.29, 1.82) is 0 Å². The smallest absolute Gasteiger partial charge is 0.216 e. The van der Waals surface area contributed by atoms with Crippen LogP contribution in [0.1, 0.15) is 24.6 Å². The predicted molar refractivity (Wildman–Crippen MR) is 66.9 cm³/mol. The summed E-state index contributed by atoms with van der Waals surface area (Å²) in [5, 5.41) is 3.62. The molecule has 2 aromatic rings. The molecule has 0 aliphatic heterocycles. The van der Waals surface area contributed by atoms with E-state index in [0.29, 0.717) is 22.4 Å². The van der Waals surface area contributed by atoms with E-state index in [1.807, 2.05) is 13.8 Å². The molecule has 0 aliphatic carbocycles. The Labute approximate surface area is 104 Å². The van der Waals surface area contributed by atoms with Crippen LogP contribution in [0.4, 0.5) is 11.5 Å². The highest BCUT2D eigenvalue weighted by atomic mass is 35.5. The summed E-state index contributed by atoms with van der Waals surface area (Å²) >= 11 is 5.77. The quantitative estimate of drug-likeness (QED) is 0.878. The van der Waals surface area contributed by atoms with Gasteiger partial charge < -0.3 is 15.5 Å². The van der Waals surface area contributed by atoms with Crippen LogP contribution in [0.3, 0.4) is 0 Å². The Morgan fingerprint density at radius 3 is 2.76 bits per heavy atom. The number of pyridine rings is 1. The number of aryl methyl sites for hydroxylation is 1. The van der Waals surface area contributed by atoms with Gasteiger partial charge in [-0.2, -0.15) is 0 Å². The van der Waals surface area contributed by atoms with E-state index in [0.717, 1.165) is 5.76 Å². The third-order valence-electron chi connectivity index (χ3n) is 2.25. The second-order valence-electron chi connectivity index (χ2n) is 3.77. The number of rotatable bonds is 3. The minimum Gasteiger partial charge on any atom is -0.444 e. The van der Waals surface area contributed by atoms with Crippen LogP contribution in [0.5, 0.6) is 0 Å². The van der Waals surface area contributed by atoms with Gasteiger partial charge in [-0.05, 0) is 19.9 Å². The van der Waals surface area contributed by atoms with E-state index in [2.05, 4.69) is 15.3 Å². The van der Waals surface area contributed by atoms with Crippen molar-refractivity contribution in [2.45, 2.75) is 19.9 Å². The zero-order valence-electron chi connectivity index (χ0n) is 9.57.